The summed E-state index contributed by atoms with van der Waals surface area (Å²) in [5, 5.41) is 0. The average molecular weight is 247 g/mol. The normalized spacial score (nSPS) is 17.6. The number of likely N-dealkylation sites (N-methyl/N-ethyl adjacent to an activating group) is 1. The Hall–Kier alpha value is -1.55. The lowest BCUT2D eigenvalue weighted by molar-refractivity contribution is 0.0764. The van der Waals surface area contributed by atoms with Gasteiger partial charge in [-0.15, -0.1) is 0 Å². The van der Waals surface area contributed by atoms with Crippen LogP contribution in [0.1, 0.15) is 22.3 Å². The SMILES string of the molecule is Cc1ccc(C(=O)N2CCCN(C)CC2)c(N)c1. The topological polar surface area (TPSA) is 49.6 Å². The molecule has 2 N–H and O–H groups in total. The largest absolute Gasteiger partial charge is 0.398 e. The highest BCUT2D eigenvalue weighted by Gasteiger charge is 2.20. The second-order valence-corrected chi connectivity index (χ2v) is 5.04. The van der Waals surface area contributed by atoms with Crippen molar-refractivity contribution in [2.75, 3.05) is 39.0 Å². The zero-order chi connectivity index (χ0) is 13.1. The van der Waals surface area contributed by atoms with Gasteiger partial charge in [-0.1, -0.05) is 6.07 Å². The molecule has 0 atom stereocenters. The number of hydrogen-bond acceptors (Lipinski definition) is 3. The Kier molecular flexibility index (Phi) is 3.87. The Labute approximate surface area is 108 Å². The summed E-state index contributed by atoms with van der Waals surface area (Å²) >= 11 is 0. The van der Waals surface area contributed by atoms with Gasteiger partial charge in [0.05, 0.1) is 5.56 Å². The molecule has 1 aliphatic heterocycles. The van der Waals surface area contributed by atoms with Crippen LogP contribution in [0.5, 0.6) is 0 Å². The number of nitrogens with zero attached hydrogens (tertiary/aromatic N) is 2. The highest BCUT2D eigenvalue weighted by atomic mass is 16.2. The monoisotopic (exact) mass is 247 g/mol. The number of amides is 1. The fourth-order valence-electron chi connectivity index (χ4n) is 2.30. The highest BCUT2D eigenvalue weighted by Crippen LogP contribution is 2.17. The fourth-order valence-corrected chi connectivity index (χ4v) is 2.30. The van der Waals surface area contributed by atoms with Gasteiger partial charge in [0.25, 0.3) is 5.91 Å². The van der Waals surface area contributed by atoms with Crippen LogP contribution in [0.15, 0.2) is 18.2 Å². The van der Waals surface area contributed by atoms with E-state index in [0.29, 0.717) is 11.3 Å². The summed E-state index contributed by atoms with van der Waals surface area (Å²) in [5.41, 5.74) is 8.23. The predicted octanol–water partition coefficient (Wildman–Crippen LogP) is 1.35. The summed E-state index contributed by atoms with van der Waals surface area (Å²) in [6.07, 6.45) is 1.02. The van der Waals surface area contributed by atoms with Crippen molar-refractivity contribution < 1.29 is 4.79 Å². The van der Waals surface area contributed by atoms with Crippen molar-refractivity contribution >= 4 is 11.6 Å². The summed E-state index contributed by atoms with van der Waals surface area (Å²) in [6, 6.07) is 5.63. The van der Waals surface area contributed by atoms with Gasteiger partial charge < -0.3 is 15.5 Å². The molecule has 0 spiro atoms. The number of carbonyl (C=O) groups is 1. The number of carbonyl (C=O) groups excluding carboxylic acids is 1. The molecule has 0 saturated carbocycles. The van der Waals surface area contributed by atoms with E-state index in [9.17, 15) is 4.79 Å². The van der Waals surface area contributed by atoms with E-state index in [4.69, 9.17) is 5.73 Å². The molecule has 0 aliphatic carbocycles. The van der Waals surface area contributed by atoms with Gasteiger partial charge in [0.15, 0.2) is 0 Å². The molecule has 98 valence electrons. The standard InChI is InChI=1S/C14H21N3O/c1-11-4-5-12(13(15)10-11)14(18)17-7-3-6-16(2)8-9-17/h4-5,10H,3,6-9,15H2,1-2H3. The molecule has 1 aromatic rings. The van der Waals surface area contributed by atoms with Crippen LogP contribution in [-0.2, 0) is 0 Å². The van der Waals surface area contributed by atoms with Gasteiger partial charge in [0.2, 0.25) is 0 Å². The number of nitrogens with two attached hydrogens (primary N) is 1. The Morgan fingerprint density at radius 3 is 2.72 bits per heavy atom. The Balaban J connectivity index is 2.15. The van der Waals surface area contributed by atoms with Crippen LogP contribution in [0.3, 0.4) is 0 Å². The molecule has 1 heterocycles. The number of rotatable bonds is 1. The quantitative estimate of drug-likeness (QED) is 0.762. The minimum atomic E-state index is 0.0581. The molecule has 4 heteroatoms. The molecule has 0 aromatic heterocycles. The molecule has 1 aliphatic rings. The minimum absolute atomic E-state index is 0.0581. The van der Waals surface area contributed by atoms with Gasteiger partial charge in [-0.2, -0.15) is 0 Å². The van der Waals surface area contributed by atoms with Crippen molar-refractivity contribution in [3.8, 4) is 0 Å². The Morgan fingerprint density at radius 2 is 2.00 bits per heavy atom. The van der Waals surface area contributed by atoms with E-state index in [-0.39, 0.29) is 5.91 Å². The number of hydrogen-bond donors (Lipinski definition) is 1. The van der Waals surface area contributed by atoms with Crippen molar-refractivity contribution in [3.63, 3.8) is 0 Å². The van der Waals surface area contributed by atoms with Crippen LogP contribution in [0.4, 0.5) is 5.69 Å². The van der Waals surface area contributed by atoms with Gasteiger partial charge in [0.1, 0.15) is 0 Å². The van der Waals surface area contributed by atoms with Crippen LogP contribution < -0.4 is 5.73 Å². The van der Waals surface area contributed by atoms with E-state index in [1.807, 2.05) is 30.0 Å². The van der Waals surface area contributed by atoms with Crippen LogP contribution in [-0.4, -0.2) is 48.9 Å². The lowest BCUT2D eigenvalue weighted by Gasteiger charge is -2.21. The first-order chi connectivity index (χ1) is 8.58. The van der Waals surface area contributed by atoms with Crippen molar-refractivity contribution in [2.45, 2.75) is 13.3 Å². The molecule has 1 aromatic carbocycles. The first-order valence-corrected chi connectivity index (χ1v) is 6.42. The molecule has 4 nitrogen and oxygen atoms in total. The van der Waals surface area contributed by atoms with Gasteiger partial charge >= 0.3 is 0 Å². The Bertz CT molecular complexity index is 445. The molecule has 18 heavy (non-hydrogen) atoms. The molecule has 1 amide bonds. The van der Waals surface area contributed by atoms with E-state index in [0.717, 1.165) is 38.2 Å². The molecule has 1 saturated heterocycles. The summed E-state index contributed by atoms with van der Waals surface area (Å²) in [4.78, 5) is 16.6. The van der Waals surface area contributed by atoms with Crippen LogP contribution in [0.25, 0.3) is 0 Å². The molecule has 0 bridgehead atoms. The van der Waals surface area contributed by atoms with E-state index < -0.39 is 0 Å². The van der Waals surface area contributed by atoms with E-state index >= 15 is 0 Å². The predicted molar refractivity (Wildman–Crippen MR) is 73.6 cm³/mol. The van der Waals surface area contributed by atoms with Crippen molar-refractivity contribution in [3.05, 3.63) is 29.3 Å². The molecule has 0 unspecified atom stereocenters. The van der Waals surface area contributed by atoms with Gasteiger partial charge in [-0.3, -0.25) is 4.79 Å². The maximum atomic E-state index is 12.4. The zero-order valence-corrected chi connectivity index (χ0v) is 11.1. The number of benzene rings is 1. The average Bonchev–Trinajstić information content (AvgIpc) is 2.53. The van der Waals surface area contributed by atoms with E-state index in [2.05, 4.69) is 11.9 Å². The van der Waals surface area contributed by atoms with Crippen molar-refractivity contribution in [1.82, 2.24) is 9.80 Å². The third kappa shape index (κ3) is 2.82. The number of anilines is 1. The molecular formula is C14H21N3O. The number of aryl methyl sites for hydroxylation is 1. The smallest absolute Gasteiger partial charge is 0.255 e. The Morgan fingerprint density at radius 1 is 1.22 bits per heavy atom. The molecule has 0 radical (unpaired) electrons. The second-order valence-electron chi connectivity index (χ2n) is 5.04. The third-order valence-corrected chi connectivity index (χ3v) is 3.44. The summed E-state index contributed by atoms with van der Waals surface area (Å²) in [6.45, 7) is 5.55. The second kappa shape index (κ2) is 5.40. The molecule has 2 rings (SSSR count). The fraction of sp³-hybridized carbons (Fsp3) is 0.500. The van der Waals surface area contributed by atoms with E-state index in [1.54, 1.807) is 0 Å². The van der Waals surface area contributed by atoms with Gasteiger partial charge in [0, 0.05) is 25.3 Å². The summed E-state index contributed by atoms with van der Waals surface area (Å²) in [5.74, 6) is 0.0581. The lowest BCUT2D eigenvalue weighted by Crippen LogP contribution is -2.34. The molecule has 1 fully saturated rings. The summed E-state index contributed by atoms with van der Waals surface area (Å²) < 4.78 is 0. The summed E-state index contributed by atoms with van der Waals surface area (Å²) in [7, 11) is 2.09. The lowest BCUT2D eigenvalue weighted by atomic mass is 10.1. The van der Waals surface area contributed by atoms with Gasteiger partial charge in [-0.05, 0) is 44.6 Å². The van der Waals surface area contributed by atoms with Crippen LogP contribution in [0, 0.1) is 6.92 Å². The minimum Gasteiger partial charge on any atom is -0.398 e. The van der Waals surface area contributed by atoms with Crippen LogP contribution in [0.2, 0.25) is 0 Å². The van der Waals surface area contributed by atoms with Crippen molar-refractivity contribution in [2.24, 2.45) is 0 Å². The zero-order valence-electron chi connectivity index (χ0n) is 11.1. The maximum Gasteiger partial charge on any atom is 0.255 e. The first-order valence-electron chi connectivity index (χ1n) is 6.42. The third-order valence-electron chi connectivity index (χ3n) is 3.44. The van der Waals surface area contributed by atoms with Crippen molar-refractivity contribution in [1.29, 1.82) is 0 Å². The maximum absolute atomic E-state index is 12.4. The van der Waals surface area contributed by atoms with E-state index in [1.165, 1.54) is 0 Å². The first kappa shape index (κ1) is 12.9. The molecular weight excluding hydrogens is 226 g/mol. The van der Waals surface area contributed by atoms with Gasteiger partial charge in [-0.25, -0.2) is 0 Å². The highest BCUT2D eigenvalue weighted by molar-refractivity contribution is 5.99. The number of nitrogen functional groups attached to an aromatic ring is 1. The van der Waals surface area contributed by atoms with Crippen LogP contribution >= 0.6 is 0 Å².